The van der Waals surface area contributed by atoms with Crippen LogP contribution < -0.4 is 10.1 Å². The highest BCUT2D eigenvalue weighted by Crippen LogP contribution is 2.15. The molecule has 0 unspecified atom stereocenters. The molecule has 1 N–H and O–H groups in total. The van der Waals surface area contributed by atoms with Gasteiger partial charge in [-0.15, -0.1) is 0 Å². The average Bonchev–Trinajstić information content (AvgIpc) is 3.10. The minimum absolute atomic E-state index is 0.0935. The number of nitriles is 1. The molecule has 6 nitrogen and oxygen atoms in total. The molecule has 1 atom stereocenters. The van der Waals surface area contributed by atoms with Crippen LogP contribution in [0.3, 0.4) is 0 Å². The lowest BCUT2D eigenvalue weighted by Crippen LogP contribution is -2.37. The Labute approximate surface area is 153 Å². The molecule has 0 bridgehead atoms. The number of carbonyl (C=O) groups is 1. The number of pyridine rings is 1. The predicted octanol–water partition coefficient (Wildman–Crippen LogP) is 2.36. The largest absolute Gasteiger partial charge is 0.478 e. The van der Waals surface area contributed by atoms with Gasteiger partial charge in [0.2, 0.25) is 5.88 Å². The van der Waals surface area contributed by atoms with Gasteiger partial charge in [0.15, 0.2) is 0 Å². The van der Waals surface area contributed by atoms with Crippen LogP contribution in [-0.4, -0.2) is 41.5 Å². The van der Waals surface area contributed by atoms with Crippen LogP contribution in [0.2, 0.25) is 0 Å². The number of likely N-dealkylation sites (tertiary alicyclic amines) is 1. The molecule has 3 rings (SSSR count). The van der Waals surface area contributed by atoms with Crippen molar-refractivity contribution in [2.45, 2.75) is 25.9 Å². The third-order valence-electron chi connectivity index (χ3n) is 4.38. The summed E-state index contributed by atoms with van der Waals surface area (Å²) in [6, 6.07) is 12.8. The van der Waals surface area contributed by atoms with Gasteiger partial charge in [-0.25, -0.2) is 4.98 Å². The SMILES string of the molecule is CCOc1ccc(CN2CC[C@H](NC(=O)c3ccc(C#N)cc3)C2)cn1. The van der Waals surface area contributed by atoms with Gasteiger partial charge in [-0.05, 0) is 43.2 Å². The van der Waals surface area contributed by atoms with E-state index in [0.29, 0.717) is 23.6 Å². The Morgan fingerprint density at radius 3 is 2.81 bits per heavy atom. The van der Waals surface area contributed by atoms with Crippen LogP contribution in [0.15, 0.2) is 42.6 Å². The van der Waals surface area contributed by atoms with Crippen LogP contribution in [0.1, 0.15) is 34.8 Å². The second-order valence-corrected chi connectivity index (χ2v) is 6.32. The van der Waals surface area contributed by atoms with Gasteiger partial charge in [-0.1, -0.05) is 6.07 Å². The van der Waals surface area contributed by atoms with Gasteiger partial charge >= 0.3 is 0 Å². The standard InChI is InChI=1S/C20H22N4O2/c1-2-26-19-8-5-16(12-22-19)13-24-10-9-18(14-24)23-20(25)17-6-3-15(11-21)4-7-17/h3-8,12,18H,2,9-10,13-14H2,1H3,(H,23,25)/t18-/m0/s1. The first-order valence-corrected chi connectivity index (χ1v) is 8.79. The van der Waals surface area contributed by atoms with E-state index in [2.05, 4.69) is 21.3 Å². The predicted molar refractivity (Wildman–Crippen MR) is 97.7 cm³/mol. The van der Waals surface area contributed by atoms with Gasteiger partial charge in [0.1, 0.15) is 0 Å². The molecule has 1 aromatic heterocycles. The second kappa shape index (κ2) is 8.45. The Morgan fingerprint density at radius 1 is 1.35 bits per heavy atom. The number of ether oxygens (including phenoxy) is 1. The molecule has 1 fully saturated rings. The van der Waals surface area contributed by atoms with Crippen LogP contribution in [0.5, 0.6) is 5.88 Å². The maximum Gasteiger partial charge on any atom is 0.251 e. The van der Waals surface area contributed by atoms with E-state index < -0.39 is 0 Å². The molecule has 2 aromatic rings. The van der Waals surface area contributed by atoms with Crippen LogP contribution >= 0.6 is 0 Å². The number of benzene rings is 1. The molecule has 1 saturated heterocycles. The lowest BCUT2D eigenvalue weighted by molar-refractivity contribution is 0.0937. The fraction of sp³-hybridized carbons (Fsp3) is 0.350. The zero-order valence-electron chi connectivity index (χ0n) is 14.8. The maximum atomic E-state index is 12.3. The smallest absolute Gasteiger partial charge is 0.251 e. The molecule has 1 aromatic carbocycles. The van der Waals surface area contributed by atoms with Gasteiger partial charge in [0, 0.05) is 43.5 Å². The number of amides is 1. The van der Waals surface area contributed by atoms with Crippen LogP contribution in [0, 0.1) is 11.3 Å². The molecular weight excluding hydrogens is 328 g/mol. The first kappa shape index (κ1) is 17.9. The van der Waals surface area contributed by atoms with Crippen molar-refractivity contribution in [2.24, 2.45) is 0 Å². The maximum absolute atomic E-state index is 12.3. The Kier molecular flexibility index (Phi) is 5.82. The molecular formula is C20H22N4O2. The Bertz CT molecular complexity index is 781. The number of aromatic nitrogens is 1. The molecule has 26 heavy (non-hydrogen) atoms. The summed E-state index contributed by atoms with van der Waals surface area (Å²) in [6.45, 7) is 5.11. The van der Waals surface area contributed by atoms with Crippen molar-refractivity contribution in [1.82, 2.24) is 15.2 Å². The summed E-state index contributed by atoms with van der Waals surface area (Å²) in [4.78, 5) is 18.9. The highest BCUT2D eigenvalue weighted by Gasteiger charge is 2.24. The lowest BCUT2D eigenvalue weighted by Gasteiger charge is -2.17. The van der Waals surface area contributed by atoms with Crippen molar-refractivity contribution < 1.29 is 9.53 Å². The zero-order valence-corrected chi connectivity index (χ0v) is 14.8. The van der Waals surface area contributed by atoms with Gasteiger partial charge in [0.25, 0.3) is 5.91 Å². The van der Waals surface area contributed by atoms with Gasteiger partial charge in [-0.3, -0.25) is 9.69 Å². The number of nitrogens with zero attached hydrogens (tertiary/aromatic N) is 3. The summed E-state index contributed by atoms with van der Waals surface area (Å²) >= 11 is 0. The number of rotatable bonds is 6. The van der Waals surface area contributed by atoms with E-state index in [9.17, 15) is 4.79 Å². The summed E-state index contributed by atoms with van der Waals surface area (Å²) in [7, 11) is 0. The van der Waals surface area contributed by atoms with E-state index in [1.807, 2.05) is 25.3 Å². The van der Waals surface area contributed by atoms with Crippen LogP contribution in [-0.2, 0) is 6.54 Å². The van der Waals surface area contributed by atoms with Crippen LogP contribution in [0.4, 0.5) is 0 Å². The molecule has 0 saturated carbocycles. The summed E-state index contributed by atoms with van der Waals surface area (Å²) in [6.07, 6.45) is 2.76. The summed E-state index contributed by atoms with van der Waals surface area (Å²) in [5.41, 5.74) is 2.27. The van der Waals surface area contributed by atoms with E-state index >= 15 is 0 Å². The number of nitrogens with one attached hydrogen (secondary N) is 1. The fourth-order valence-electron chi connectivity index (χ4n) is 3.05. The van der Waals surface area contributed by atoms with E-state index in [0.717, 1.165) is 31.6 Å². The summed E-state index contributed by atoms with van der Waals surface area (Å²) in [5, 5.41) is 11.9. The van der Waals surface area contributed by atoms with Crippen molar-refractivity contribution in [3.05, 3.63) is 59.3 Å². The second-order valence-electron chi connectivity index (χ2n) is 6.32. The molecule has 6 heteroatoms. The van der Waals surface area contributed by atoms with E-state index in [4.69, 9.17) is 10.00 Å². The van der Waals surface area contributed by atoms with E-state index in [1.54, 1.807) is 24.3 Å². The van der Waals surface area contributed by atoms with Crippen molar-refractivity contribution in [3.8, 4) is 11.9 Å². The Hall–Kier alpha value is -2.91. The van der Waals surface area contributed by atoms with E-state index in [1.165, 1.54) is 0 Å². The third kappa shape index (κ3) is 4.58. The number of carbonyl (C=O) groups excluding carboxylic acids is 1. The Morgan fingerprint density at radius 2 is 2.15 bits per heavy atom. The average molecular weight is 350 g/mol. The highest BCUT2D eigenvalue weighted by molar-refractivity contribution is 5.94. The summed E-state index contributed by atoms with van der Waals surface area (Å²) < 4.78 is 5.36. The van der Waals surface area contributed by atoms with Crippen molar-refractivity contribution >= 4 is 5.91 Å². The minimum Gasteiger partial charge on any atom is -0.478 e. The molecule has 0 aliphatic carbocycles. The minimum atomic E-state index is -0.0935. The van der Waals surface area contributed by atoms with Crippen molar-refractivity contribution in [3.63, 3.8) is 0 Å². The fourth-order valence-corrected chi connectivity index (χ4v) is 3.05. The number of hydrogen-bond donors (Lipinski definition) is 1. The lowest BCUT2D eigenvalue weighted by atomic mass is 10.1. The van der Waals surface area contributed by atoms with Crippen molar-refractivity contribution in [2.75, 3.05) is 19.7 Å². The monoisotopic (exact) mass is 350 g/mol. The Balaban J connectivity index is 1.50. The molecule has 134 valence electrons. The normalized spacial score (nSPS) is 16.8. The third-order valence-corrected chi connectivity index (χ3v) is 4.38. The molecule has 1 aliphatic heterocycles. The van der Waals surface area contributed by atoms with Crippen LogP contribution in [0.25, 0.3) is 0 Å². The zero-order chi connectivity index (χ0) is 18.4. The quantitative estimate of drug-likeness (QED) is 0.865. The number of hydrogen-bond acceptors (Lipinski definition) is 5. The van der Waals surface area contributed by atoms with Gasteiger partial charge < -0.3 is 10.1 Å². The topological polar surface area (TPSA) is 78.2 Å². The molecule has 0 radical (unpaired) electrons. The van der Waals surface area contributed by atoms with Crippen molar-refractivity contribution in [1.29, 1.82) is 5.26 Å². The first-order chi connectivity index (χ1) is 12.7. The van der Waals surface area contributed by atoms with E-state index in [-0.39, 0.29) is 11.9 Å². The molecule has 1 aliphatic rings. The highest BCUT2D eigenvalue weighted by atomic mass is 16.5. The van der Waals surface area contributed by atoms with Gasteiger partial charge in [-0.2, -0.15) is 5.26 Å². The van der Waals surface area contributed by atoms with Gasteiger partial charge in [0.05, 0.1) is 18.2 Å². The molecule has 2 heterocycles. The molecule has 0 spiro atoms. The molecule has 1 amide bonds. The first-order valence-electron chi connectivity index (χ1n) is 8.79. The summed E-state index contributed by atoms with van der Waals surface area (Å²) in [5.74, 6) is 0.550.